The fourth-order valence-electron chi connectivity index (χ4n) is 4.96. The molecule has 0 spiro atoms. The Balaban J connectivity index is 1.47. The van der Waals surface area contributed by atoms with E-state index in [0.717, 1.165) is 65.5 Å². The van der Waals surface area contributed by atoms with Crippen LogP contribution < -0.4 is 4.90 Å². The average Bonchev–Trinajstić information content (AvgIpc) is 3.29. The van der Waals surface area contributed by atoms with E-state index in [1.165, 1.54) is 0 Å². The molecule has 5 rings (SSSR count). The summed E-state index contributed by atoms with van der Waals surface area (Å²) in [5.41, 5.74) is 6.32. The highest BCUT2D eigenvalue weighted by Crippen LogP contribution is 2.34. The number of benzene rings is 1. The summed E-state index contributed by atoms with van der Waals surface area (Å²) in [5.74, 6) is 0.161. The number of fused-ring (bicyclic) bond motifs is 1. The van der Waals surface area contributed by atoms with E-state index >= 15 is 0 Å². The van der Waals surface area contributed by atoms with E-state index < -0.39 is 0 Å². The maximum atomic E-state index is 13.3. The van der Waals surface area contributed by atoms with Crippen LogP contribution in [0.15, 0.2) is 47.1 Å². The molecule has 1 fully saturated rings. The Kier molecular flexibility index (Phi) is 5.50. The molecule has 33 heavy (non-hydrogen) atoms. The molecule has 0 aliphatic carbocycles. The summed E-state index contributed by atoms with van der Waals surface area (Å²) >= 11 is 0. The van der Waals surface area contributed by atoms with Gasteiger partial charge < -0.3 is 19.7 Å². The molecule has 0 bridgehead atoms. The normalized spacial score (nSPS) is 21.8. The van der Waals surface area contributed by atoms with Crippen LogP contribution in [0.2, 0.25) is 0 Å². The zero-order chi connectivity index (χ0) is 23.1. The maximum absolute atomic E-state index is 13.3. The van der Waals surface area contributed by atoms with Gasteiger partial charge in [0.1, 0.15) is 0 Å². The van der Waals surface area contributed by atoms with Crippen molar-refractivity contribution in [2.75, 3.05) is 38.1 Å². The summed E-state index contributed by atoms with van der Waals surface area (Å²) in [6.07, 6.45) is 7.93. The average molecular weight is 444 g/mol. The fraction of sp³-hybridized carbons (Fsp3) is 0.346. The summed E-state index contributed by atoms with van der Waals surface area (Å²) in [6.45, 7) is 7.20. The molecule has 7 nitrogen and oxygen atoms in total. The van der Waals surface area contributed by atoms with Crippen LogP contribution >= 0.6 is 0 Å². The molecule has 3 aliphatic rings. The van der Waals surface area contributed by atoms with Gasteiger partial charge in [-0.25, -0.2) is 0 Å². The predicted octanol–water partition coefficient (Wildman–Crippen LogP) is 2.96. The third kappa shape index (κ3) is 3.82. The number of aliphatic imine (C=N–C) groups is 1. The summed E-state index contributed by atoms with van der Waals surface area (Å²) in [5, 5.41) is 0. The number of aromatic amines is 1. The molecule has 2 amide bonds. The molecule has 170 valence electrons. The first-order valence-electron chi connectivity index (χ1n) is 11.4. The molecule has 7 heteroatoms. The van der Waals surface area contributed by atoms with Gasteiger partial charge in [0.05, 0.1) is 18.0 Å². The Bertz CT molecular complexity index is 1200. The molecule has 1 unspecified atom stereocenters. The Morgan fingerprint density at radius 1 is 1.15 bits per heavy atom. The Morgan fingerprint density at radius 3 is 2.70 bits per heavy atom. The third-order valence-electron chi connectivity index (χ3n) is 6.85. The highest BCUT2D eigenvalue weighted by molar-refractivity contribution is 6.05. The molecule has 4 heterocycles. The number of likely N-dealkylation sites (N-methyl/N-ethyl adjacent to an activating group) is 1. The maximum Gasteiger partial charge on any atom is 0.256 e. The van der Waals surface area contributed by atoms with E-state index in [2.05, 4.69) is 21.9 Å². The van der Waals surface area contributed by atoms with Gasteiger partial charge in [-0.15, -0.1) is 0 Å². The number of aryl methyl sites for hydroxylation is 1. The van der Waals surface area contributed by atoms with Crippen molar-refractivity contribution in [1.82, 2.24) is 14.8 Å². The second kappa shape index (κ2) is 8.48. The zero-order valence-electron chi connectivity index (χ0n) is 19.3. The molecule has 2 aromatic rings. The number of hydrogen-bond donors (Lipinski definition) is 1. The van der Waals surface area contributed by atoms with E-state index in [4.69, 9.17) is 0 Å². The number of para-hydroxylation sites is 1. The summed E-state index contributed by atoms with van der Waals surface area (Å²) in [7, 11) is 2.08. The lowest BCUT2D eigenvalue weighted by Gasteiger charge is -2.32. The Labute approximate surface area is 194 Å². The van der Waals surface area contributed by atoms with E-state index in [1.54, 1.807) is 12.4 Å². The Hall–Kier alpha value is -3.45. The molecule has 1 aromatic carbocycles. The number of nitrogens with zero attached hydrogens (tertiary/aromatic N) is 4. The van der Waals surface area contributed by atoms with Crippen LogP contribution in [-0.4, -0.2) is 72.1 Å². The molecule has 1 aromatic heterocycles. The molecule has 1 N–H and O–H groups in total. The highest BCUT2D eigenvalue weighted by Gasteiger charge is 2.34. The number of carbonyl (C=O) groups is 2. The van der Waals surface area contributed by atoms with Crippen LogP contribution in [0.4, 0.5) is 5.69 Å². The van der Waals surface area contributed by atoms with Crippen LogP contribution in [0, 0.1) is 13.8 Å². The largest absolute Gasteiger partial charge is 0.358 e. The van der Waals surface area contributed by atoms with Gasteiger partial charge in [0, 0.05) is 55.7 Å². The lowest BCUT2D eigenvalue weighted by atomic mass is 10.0. The number of aromatic nitrogens is 1. The minimum Gasteiger partial charge on any atom is -0.358 e. The molecule has 0 saturated carbocycles. The predicted molar refractivity (Wildman–Crippen MR) is 131 cm³/mol. The standard InChI is InChI=1S/C26H29N5O2/c1-17-21(28-18(2)25(17)26(33)30-12-10-29(3)11-13-30)14-20-16-27-9-8-23(20)31-22-7-5-4-6-19(22)15-24(31)32/h4-9,14,16,23,28H,10-13,15H2,1-3H3. The number of nitrogens with one attached hydrogen (secondary N) is 1. The number of hydrogen-bond acceptors (Lipinski definition) is 4. The van der Waals surface area contributed by atoms with Gasteiger partial charge >= 0.3 is 0 Å². The number of amides is 2. The molecular weight excluding hydrogens is 414 g/mol. The number of piperazine rings is 1. The van der Waals surface area contributed by atoms with Crippen LogP contribution in [-0.2, 0) is 11.2 Å². The quantitative estimate of drug-likeness (QED) is 0.793. The van der Waals surface area contributed by atoms with Gasteiger partial charge in [0.25, 0.3) is 5.91 Å². The summed E-state index contributed by atoms with van der Waals surface area (Å²) in [4.78, 5) is 39.9. The second-order valence-corrected chi connectivity index (χ2v) is 9.04. The van der Waals surface area contributed by atoms with Crippen molar-refractivity contribution >= 4 is 29.8 Å². The molecular formula is C26H29N5O2. The summed E-state index contributed by atoms with van der Waals surface area (Å²) < 4.78 is 0. The zero-order valence-corrected chi connectivity index (χ0v) is 19.3. The minimum absolute atomic E-state index is 0.0800. The van der Waals surface area contributed by atoms with Gasteiger partial charge in [-0.2, -0.15) is 0 Å². The molecule has 3 aliphatic heterocycles. The lowest BCUT2D eigenvalue weighted by Crippen LogP contribution is -2.47. The number of carbonyl (C=O) groups excluding carboxylic acids is 2. The first-order chi connectivity index (χ1) is 15.9. The highest BCUT2D eigenvalue weighted by atomic mass is 16.2. The minimum atomic E-state index is -0.238. The van der Waals surface area contributed by atoms with E-state index in [9.17, 15) is 9.59 Å². The topological polar surface area (TPSA) is 72.0 Å². The smallest absolute Gasteiger partial charge is 0.256 e. The van der Waals surface area contributed by atoms with Crippen molar-refractivity contribution in [3.63, 3.8) is 0 Å². The van der Waals surface area contributed by atoms with Gasteiger partial charge in [0.2, 0.25) is 5.91 Å². The van der Waals surface area contributed by atoms with E-state index in [1.807, 2.05) is 60.1 Å². The fourth-order valence-corrected chi connectivity index (χ4v) is 4.96. The molecule has 1 atom stereocenters. The monoisotopic (exact) mass is 443 g/mol. The first-order valence-corrected chi connectivity index (χ1v) is 11.4. The van der Waals surface area contributed by atoms with Crippen LogP contribution in [0.1, 0.15) is 32.9 Å². The van der Waals surface area contributed by atoms with Gasteiger partial charge in [-0.05, 0) is 55.8 Å². The van der Waals surface area contributed by atoms with Crippen molar-refractivity contribution in [1.29, 1.82) is 0 Å². The van der Waals surface area contributed by atoms with E-state index in [-0.39, 0.29) is 17.9 Å². The van der Waals surface area contributed by atoms with Crippen LogP contribution in [0.3, 0.4) is 0 Å². The van der Waals surface area contributed by atoms with Crippen molar-refractivity contribution < 1.29 is 9.59 Å². The van der Waals surface area contributed by atoms with Crippen LogP contribution in [0.25, 0.3) is 6.08 Å². The third-order valence-corrected chi connectivity index (χ3v) is 6.85. The van der Waals surface area contributed by atoms with Crippen LogP contribution in [0.5, 0.6) is 0 Å². The van der Waals surface area contributed by atoms with Gasteiger partial charge in [-0.1, -0.05) is 18.2 Å². The number of H-pyrrole nitrogens is 1. The van der Waals surface area contributed by atoms with Crippen molar-refractivity contribution in [3.05, 3.63) is 70.2 Å². The van der Waals surface area contributed by atoms with Crippen molar-refractivity contribution in [3.8, 4) is 0 Å². The molecule has 0 radical (unpaired) electrons. The first kappa shape index (κ1) is 21.4. The van der Waals surface area contributed by atoms with Gasteiger partial charge in [-0.3, -0.25) is 14.6 Å². The Morgan fingerprint density at radius 2 is 1.91 bits per heavy atom. The van der Waals surface area contributed by atoms with E-state index in [0.29, 0.717) is 6.42 Å². The van der Waals surface area contributed by atoms with Gasteiger partial charge in [0.15, 0.2) is 0 Å². The summed E-state index contributed by atoms with van der Waals surface area (Å²) in [6, 6.07) is 7.69. The SMILES string of the molecule is Cc1[nH]c(C=C2C=NC=CC2N2C(=O)Cc3ccccc32)c(C)c1C(=O)N1CCN(C)CC1. The number of rotatable bonds is 3. The van der Waals surface area contributed by atoms with Crippen molar-refractivity contribution in [2.45, 2.75) is 26.3 Å². The lowest BCUT2D eigenvalue weighted by molar-refractivity contribution is -0.117. The second-order valence-electron chi connectivity index (χ2n) is 9.04. The van der Waals surface area contributed by atoms with Crippen molar-refractivity contribution in [2.24, 2.45) is 4.99 Å². The number of anilines is 1. The molecule has 1 saturated heterocycles.